The number of carboxylic acids is 2. The van der Waals surface area contributed by atoms with Crippen molar-refractivity contribution in [1.82, 2.24) is 4.98 Å². The average Bonchev–Trinajstić information content (AvgIpc) is 2.79. The number of aliphatic carboxylic acids is 2. The Morgan fingerprint density at radius 1 is 1.00 bits per heavy atom. The number of nitrogens with zero attached hydrogens (tertiary/aromatic N) is 2. The Kier molecular flexibility index (Phi) is 11.4. The van der Waals surface area contributed by atoms with Gasteiger partial charge in [0.05, 0.1) is 50.8 Å². The normalized spacial score (nSPS) is 16.4. The molecule has 0 spiro atoms. The van der Waals surface area contributed by atoms with Crippen molar-refractivity contribution >= 4 is 23.5 Å². The molecular weight excluding hydrogens is 524 g/mol. The van der Waals surface area contributed by atoms with E-state index in [-0.39, 0.29) is 42.0 Å². The number of halogens is 2. The van der Waals surface area contributed by atoms with E-state index < -0.39 is 11.9 Å². The first kappa shape index (κ1) is 28.2. The molecule has 9 heteroatoms. The second-order valence-electron chi connectivity index (χ2n) is 8.75. The number of carboxylic acid groups (broad SMARTS) is 2. The Morgan fingerprint density at radius 3 is 2.09 bits per heavy atom. The maximum atomic E-state index is 11.0. The van der Waals surface area contributed by atoms with Crippen LogP contribution in [-0.2, 0) is 14.3 Å². The fourth-order valence-electron chi connectivity index (χ4n) is 4.60. The molecule has 2 heterocycles. The SMILES string of the molecule is O=C(O)CCC[N+]1(CCCC(=O)O)CCC(O[C@@H](c2ccc(Cl)cc2)c2ccccn2)CC1.[Br-]. The zero-order valence-electron chi connectivity index (χ0n) is 19.1. The summed E-state index contributed by atoms with van der Waals surface area (Å²) in [5.74, 6) is -1.59. The number of benzene rings is 1. The van der Waals surface area contributed by atoms with E-state index in [0.717, 1.165) is 54.8 Å². The van der Waals surface area contributed by atoms with Crippen LogP contribution in [0.15, 0.2) is 48.7 Å². The van der Waals surface area contributed by atoms with Crippen LogP contribution in [0, 0.1) is 0 Å². The average molecular weight is 556 g/mol. The lowest BCUT2D eigenvalue weighted by atomic mass is 10.0. The molecule has 0 bridgehead atoms. The van der Waals surface area contributed by atoms with E-state index in [0.29, 0.717) is 17.9 Å². The number of carbonyl (C=O) groups is 2. The molecule has 1 aromatic carbocycles. The van der Waals surface area contributed by atoms with E-state index in [1.54, 1.807) is 6.20 Å². The third-order valence-corrected chi connectivity index (χ3v) is 6.61. The molecular formula is C25H32BrClN2O5. The van der Waals surface area contributed by atoms with Crippen LogP contribution in [-0.4, -0.2) is 63.9 Å². The van der Waals surface area contributed by atoms with E-state index >= 15 is 0 Å². The minimum Gasteiger partial charge on any atom is -1.00 e. The molecule has 1 aromatic heterocycles. The predicted octanol–water partition coefficient (Wildman–Crippen LogP) is 1.55. The first-order chi connectivity index (χ1) is 15.9. The van der Waals surface area contributed by atoms with Gasteiger partial charge in [-0.1, -0.05) is 29.8 Å². The summed E-state index contributed by atoms with van der Waals surface area (Å²) in [6.45, 7) is 3.19. The maximum Gasteiger partial charge on any atom is 0.303 e. The maximum absolute atomic E-state index is 11.0. The number of hydrogen-bond acceptors (Lipinski definition) is 4. The molecule has 0 aliphatic carbocycles. The number of aromatic nitrogens is 1. The van der Waals surface area contributed by atoms with Gasteiger partial charge in [-0.25, -0.2) is 0 Å². The van der Waals surface area contributed by atoms with Crippen LogP contribution in [0.3, 0.4) is 0 Å². The lowest BCUT2D eigenvalue weighted by molar-refractivity contribution is -0.933. The van der Waals surface area contributed by atoms with Gasteiger partial charge in [0.1, 0.15) is 6.10 Å². The third kappa shape index (κ3) is 8.65. The topological polar surface area (TPSA) is 96.7 Å². The van der Waals surface area contributed by atoms with Crippen LogP contribution in [0.5, 0.6) is 0 Å². The molecule has 0 unspecified atom stereocenters. The molecule has 1 aliphatic rings. The third-order valence-electron chi connectivity index (χ3n) is 6.35. The fourth-order valence-corrected chi connectivity index (χ4v) is 4.72. The van der Waals surface area contributed by atoms with Crippen molar-refractivity contribution in [3.63, 3.8) is 0 Å². The molecule has 2 N–H and O–H groups in total. The summed E-state index contributed by atoms with van der Waals surface area (Å²) < 4.78 is 7.34. The number of quaternary nitrogens is 1. The summed E-state index contributed by atoms with van der Waals surface area (Å²) in [4.78, 5) is 26.5. The lowest BCUT2D eigenvalue weighted by Crippen LogP contribution is -3.00. The van der Waals surface area contributed by atoms with Crippen LogP contribution in [0.25, 0.3) is 0 Å². The van der Waals surface area contributed by atoms with Crippen LogP contribution in [0.4, 0.5) is 0 Å². The number of ether oxygens (including phenoxy) is 1. The summed E-state index contributed by atoms with van der Waals surface area (Å²) in [7, 11) is 0. The highest BCUT2D eigenvalue weighted by molar-refractivity contribution is 6.30. The second kappa shape index (κ2) is 13.8. The highest BCUT2D eigenvalue weighted by Gasteiger charge is 2.35. The van der Waals surface area contributed by atoms with Gasteiger partial charge >= 0.3 is 11.9 Å². The van der Waals surface area contributed by atoms with E-state index in [9.17, 15) is 9.59 Å². The minimum atomic E-state index is -0.793. The Bertz CT molecular complexity index is 883. The van der Waals surface area contributed by atoms with Crippen molar-refractivity contribution in [1.29, 1.82) is 0 Å². The highest BCUT2D eigenvalue weighted by Crippen LogP contribution is 2.31. The minimum absolute atomic E-state index is 0. The molecule has 0 radical (unpaired) electrons. The van der Waals surface area contributed by atoms with Crippen molar-refractivity contribution in [2.45, 2.75) is 50.7 Å². The first-order valence-electron chi connectivity index (χ1n) is 11.5. The number of pyridine rings is 1. The van der Waals surface area contributed by atoms with E-state index in [2.05, 4.69) is 4.98 Å². The molecule has 186 valence electrons. The van der Waals surface area contributed by atoms with E-state index in [1.807, 2.05) is 42.5 Å². The molecule has 1 aliphatic heterocycles. The first-order valence-corrected chi connectivity index (χ1v) is 11.9. The Labute approximate surface area is 216 Å². The van der Waals surface area contributed by atoms with Gasteiger partial charge in [-0.3, -0.25) is 14.6 Å². The number of rotatable bonds is 12. The summed E-state index contributed by atoms with van der Waals surface area (Å²) in [5, 5.41) is 18.7. The van der Waals surface area contributed by atoms with Gasteiger partial charge in [-0.15, -0.1) is 0 Å². The van der Waals surface area contributed by atoms with Gasteiger partial charge in [-0.2, -0.15) is 0 Å². The number of piperidine rings is 1. The van der Waals surface area contributed by atoms with Crippen LogP contribution in [0.2, 0.25) is 5.02 Å². The molecule has 7 nitrogen and oxygen atoms in total. The monoisotopic (exact) mass is 554 g/mol. The van der Waals surface area contributed by atoms with Gasteiger partial charge < -0.3 is 36.4 Å². The van der Waals surface area contributed by atoms with Gasteiger partial charge in [0, 0.05) is 36.9 Å². The molecule has 0 amide bonds. The summed E-state index contributed by atoms with van der Waals surface area (Å²) in [5.41, 5.74) is 1.83. The zero-order chi connectivity index (χ0) is 23.7. The summed E-state index contributed by atoms with van der Waals surface area (Å²) in [6.07, 6.45) is 4.62. The largest absolute Gasteiger partial charge is 1.00 e. The predicted molar refractivity (Wildman–Crippen MR) is 125 cm³/mol. The highest BCUT2D eigenvalue weighted by atomic mass is 79.9. The van der Waals surface area contributed by atoms with Crippen molar-refractivity contribution < 1.29 is 46.0 Å². The molecule has 1 fully saturated rings. The smallest absolute Gasteiger partial charge is 0.303 e. The molecule has 2 aromatic rings. The van der Waals surface area contributed by atoms with E-state index in [4.69, 9.17) is 26.6 Å². The zero-order valence-corrected chi connectivity index (χ0v) is 21.5. The van der Waals surface area contributed by atoms with Crippen molar-refractivity contribution in [2.75, 3.05) is 26.2 Å². The standard InChI is InChI=1S/C25H31ClN2O5.BrH/c26-20-10-8-19(9-11-20)25(22-5-1-2-14-27-22)33-21-12-17-28(18-13-21,15-3-6-23(29)30)16-4-7-24(31)32;/h1-2,5,8-11,14,21,25H,3-4,6-7,12-13,15-18H2,(H-,29,30,31,32);1H/t25-;/m0./s1. The Morgan fingerprint density at radius 2 is 1.59 bits per heavy atom. The molecule has 1 atom stereocenters. The summed E-state index contributed by atoms with van der Waals surface area (Å²) in [6, 6.07) is 13.4. The fraction of sp³-hybridized carbons (Fsp3) is 0.480. The molecule has 34 heavy (non-hydrogen) atoms. The Hall–Kier alpha value is -2.00. The van der Waals surface area contributed by atoms with E-state index in [1.165, 1.54) is 0 Å². The van der Waals surface area contributed by atoms with Gasteiger partial charge in [-0.05, 0) is 29.8 Å². The number of likely N-dealkylation sites (tertiary alicyclic amines) is 1. The quantitative estimate of drug-likeness (QED) is 0.386. The van der Waals surface area contributed by atoms with Crippen molar-refractivity contribution in [2.24, 2.45) is 0 Å². The van der Waals surface area contributed by atoms with Gasteiger partial charge in [0.25, 0.3) is 0 Å². The van der Waals surface area contributed by atoms with Crippen molar-refractivity contribution in [3.8, 4) is 0 Å². The lowest BCUT2D eigenvalue weighted by Gasteiger charge is -2.44. The van der Waals surface area contributed by atoms with Gasteiger partial charge in [0.2, 0.25) is 0 Å². The molecule has 1 saturated heterocycles. The Balaban J connectivity index is 0.00000408. The summed E-state index contributed by atoms with van der Waals surface area (Å²) >= 11 is 6.08. The van der Waals surface area contributed by atoms with Crippen LogP contribution in [0.1, 0.15) is 55.9 Å². The van der Waals surface area contributed by atoms with Crippen LogP contribution < -0.4 is 17.0 Å². The van der Waals surface area contributed by atoms with Crippen molar-refractivity contribution in [3.05, 3.63) is 64.9 Å². The molecule has 3 rings (SSSR count). The molecule has 0 saturated carbocycles. The second-order valence-corrected chi connectivity index (χ2v) is 9.19. The van der Waals surface area contributed by atoms with Gasteiger partial charge in [0.15, 0.2) is 0 Å². The van der Waals surface area contributed by atoms with Crippen LogP contribution >= 0.6 is 11.6 Å². The number of hydrogen-bond donors (Lipinski definition) is 2.